The number of carbonyl (C=O) groups excluding carboxylic acids is 1. The molecule has 1 atom stereocenters. The Bertz CT molecular complexity index is 672. The van der Waals surface area contributed by atoms with Gasteiger partial charge in [0, 0.05) is 12.1 Å². The maximum absolute atomic E-state index is 12.1. The number of aromatic nitrogens is 1. The highest BCUT2D eigenvalue weighted by Gasteiger charge is 2.16. The number of hydrogen-bond donors (Lipinski definition) is 2. The summed E-state index contributed by atoms with van der Waals surface area (Å²) in [6.45, 7) is 1.42. The third-order valence-corrected chi connectivity index (χ3v) is 3.33. The van der Waals surface area contributed by atoms with Crippen LogP contribution in [-0.2, 0) is 9.47 Å². The lowest BCUT2D eigenvalue weighted by molar-refractivity contribution is -0.136. The average molecular weight is 294 g/mol. The highest BCUT2D eigenvalue weighted by molar-refractivity contribution is 7.71. The van der Waals surface area contributed by atoms with Crippen LogP contribution in [0.1, 0.15) is 16.8 Å². The van der Waals surface area contributed by atoms with Gasteiger partial charge in [-0.1, -0.05) is 0 Å². The molecule has 1 aromatic carbocycles. The fraction of sp³-hybridized carbons (Fsp3) is 0.385. The van der Waals surface area contributed by atoms with E-state index in [2.05, 4.69) is 10.3 Å². The maximum Gasteiger partial charge on any atom is 0.266 e. The van der Waals surface area contributed by atoms with Crippen molar-refractivity contribution < 1.29 is 18.7 Å². The quantitative estimate of drug-likeness (QED) is 0.847. The summed E-state index contributed by atoms with van der Waals surface area (Å²) in [5.41, 5.74) is 1.88. The first-order valence-corrected chi connectivity index (χ1v) is 6.73. The Hall–Kier alpha value is -1.70. The summed E-state index contributed by atoms with van der Waals surface area (Å²) in [7, 11) is 0. The van der Waals surface area contributed by atoms with E-state index in [0.29, 0.717) is 29.1 Å². The van der Waals surface area contributed by atoms with Gasteiger partial charge in [-0.05, 0) is 36.8 Å². The van der Waals surface area contributed by atoms with Crippen molar-refractivity contribution in [3.05, 3.63) is 28.6 Å². The molecule has 6 nitrogen and oxygen atoms in total. The van der Waals surface area contributed by atoms with Gasteiger partial charge in [-0.15, -0.1) is 0 Å². The third kappa shape index (κ3) is 2.90. The largest absolute Gasteiger partial charge is 0.429 e. The molecule has 1 aliphatic heterocycles. The van der Waals surface area contributed by atoms with E-state index in [0.717, 1.165) is 11.9 Å². The smallest absolute Gasteiger partial charge is 0.266 e. The summed E-state index contributed by atoms with van der Waals surface area (Å²) in [6, 6.07) is 5.17. The lowest BCUT2D eigenvalue weighted by Gasteiger charge is -2.22. The molecule has 2 heterocycles. The van der Waals surface area contributed by atoms with Crippen LogP contribution < -0.4 is 5.32 Å². The molecule has 20 heavy (non-hydrogen) atoms. The van der Waals surface area contributed by atoms with Gasteiger partial charge in [0.05, 0.1) is 18.2 Å². The number of oxazole rings is 1. The molecule has 1 aromatic heterocycles. The van der Waals surface area contributed by atoms with Crippen molar-refractivity contribution in [1.29, 1.82) is 0 Å². The SMILES string of the molecule is O=C(NC[C@H]1CCOCO1)c1ccc2[nH]c(=S)oc2c1. The Morgan fingerprint density at radius 1 is 1.50 bits per heavy atom. The molecule has 7 heteroatoms. The molecule has 1 aliphatic rings. The number of nitrogens with one attached hydrogen (secondary N) is 2. The Morgan fingerprint density at radius 2 is 2.40 bits per heavy atom. The number of amides is 1. The van der Waals surface area contributed by atoms with Gasteiger partial charge >= 0.3 is 0 Å². The van der Waals surface area contributed by atoms with Gasteiger partial charge in [0.2, 0.25) is 0 Å². The molecule has 0 saturated carbocycles. The van der Waals surface area contributed by atoms with Gasteiger partial charge < -0.3 is 24.2 Å². The number of hydrogen-bond acceptors (Lipinski definition) is 5. The maximum atomic E-state index is 12.1. The van der Waals surface area contributed by atoms with Crippen molar-refractivity contribution in [2.24, 2.45) is 0 Å². The first kappa shape index (κ1) is 13.3. The van der Waals surface area contributed by atoms with Gasteiger partial charge in [-0.3, -0.25) is 4.79 Å². The molecule has 3 rings (SSSR count). The first-order valence-electron chi connectivity index (χ1n) is 6.33. The van der Waals surface area contributed by atoms with E-state index in [1.807, 2.05) is 0 Å². The Balaban J connectivity index is 1.66. The first-order chi connectivity index (χ1) is 9.72. The topological polar surface area (TPSA) is 76.5 Å². The summed E-state index contributed by atoms with van der Waals surface area (Å²) < 4.78 is 15.7. The summed E-state index contributed by atoms with van der Waals surface area (Å²) in [5, 5.41) is 2.84. The van der Waals surface area contributed by atoms with Crippen LogP contribution in [0.25, 0.3) is 11.1 Å². The van der Waals surface area contributed by atoms with Crippen molar-refractivity contribution >= 4 is 29.2 Å². The summed E-state index contributed by atoms with van der Waals surface area (Å²) in [5.74, 6) is -0.163. The molecule has 1 saturated heterocycles. The number of H-pyrrole nitrogens is 1. The van der Waals surface area contributed by atoms with Crippen LogP contribution in [0.3, 0.4) is 0 Å². The number of ether oxygens (including phenoxy) is 2. The highest BCUT2D eigenvalue weighted by atomic mass is 32.1. The van der Waals surface area contributed by atoms with Crippen molar-refractivity contribution in [2.75, 3.05) is 19.9 Å². The van der Waals surface area contributed by atoms with Crippen molar-refractivity contribution in [1.82, 2.24) is 10.3 Å². The van der Waals surface area contributed by atoms with Gasteiger partial charge in [0.1, 0.15) is 6.79 Å². The molecule has 106 valence electrons. The van der Waals surface area contributed by atoms with Crippen molar-refractivity contribution in [2.45, 2.75) is 12.5 Å². The van der Waals surface area contributed by atoms with Crippen LogP contribution in [0.15, 0.2) is 22.6 Å². The molecule has 0 unspecified atom stereocenters. The van der Waals surface area contributed by atoms with Crippen LogP contribution in [0.2, 0.25) is 0 Å². The van der Waals surface area contributed by atoms with E-state index < -0.39 is 0 Å². The van der Waals surface area contributed by atoms with E-state index in [1.165, 1.54) is 0 Å². The minimum absolute atomic E-state index is 0.00706. The summed E-state index contributed by atoms with van der Waals surface area (Å²) in [6.07, 6.45) is 0.791. The van der Waals surface area contributed by atoms with E-state index in [4.69, 9.17) is 26.1 Å². The molecular formula is C13H14N2O4S. The van der Waals surface area contributed by atoms with Crippen molar-refractivity contribution in [3.63, 3.8) is 0 Å². The number of carbonyl (C=O) groups is 1. The van der Waals surface area contributed by atoms with Crippen LogP contribution in [0.4, 0.5) is 0 Å². The van der Waals surface area contributed by atoms with E-state index in [-0.39, 0.29) is 18.8 Å². The molecule has 1 fully saturated rings. The van der Waals surface area contributed by atoms with E-state index in [9.17, 15) is 4.79 Å². The second kappa shape index (κ2) is 5.74. The lowest BCUT2D eigenvalue weighted by atomic mass is 10.2. The number of rotatable bonds is 3. The van der Waals surface area contributed by atoms with E-state index >= 15 is 0 Å². The lowest BCUT2D eigenvalue weighted by Crippen LogP contribution is -2.37. The predicted octanol–water partition coefficient (Wildman–Crippen LogP) is 1.98. The zero-order valence-electron chi connectivity index (χ0n) is 10.7. The summed E-state index contributed by atoms with van der Waals surface area (Å²) in [4.78, 5) is 15.3. The van der Waals surface area contributed by atoms with E-state index in [1.54, 1.807) is 18.2 Å². The summed E-state index contributed by atoms with van der Waals surface area (Å²) >= 11 is 4.91. The van der Waals surface area contributed by atoms with Crippen LogP contribution >= 0.6 is 12.2 Å². The van der Waals surface area contributed by atoms with Gasteiger partial charge in [0.15, 0.2) is 5.58 Å². The molecule has 2 aromatic rings. The predicted molar refractivity (Wildman–Crippen MR) is 74.0 cm³/mol. The molecule has 2 N–H and O–H groups in total. The van der Waals surface area contributed by atoms with Crippen molar-refractivity contribution in [3.8, 4) is 0 Å². The molecule has 1 amide bonds. The number of aromatic amines is 1. The van der Waals surface area contributed by atoms with Crippen LogP contribution in [-0.4, -0.2) is 36.9 Å². The molecule has 0 bridgehead atoms. The monoisotopic (exact) mass is 294 g/mol. The Labute approximate surface area is 120 Å². The third-order valence-electron chi connectivity index (χ3n) is 3.14. The fourth-order valence-corrected chi connectivity index (χ4v) is 2.26. The highest BCUT2D eigenvalue weighted by Crippen LogP contribution is 2.15. The average Bonchev–Trinajstić information content (AvgIpc) is 2.85. The molecule has 0 spiro atoms. The Kier molecular flexibility index (Phi) is 3.81. The fourth-order valence-electron chi connectivity index (χ4n) is 2.06. The standard InChI is InChI=1S/C13H14N2O4S/c16-12(14-6-9-3-4-17-7-18-9)8-1-2-10-11(5-8)19-13(20)15-10/h1-2,5,9H,3-4,6-7H2,(H,14,16)(H,15,20)/t9-/m1/s1. The zero-order chi connectivity index (χ0) is 13.9. The molecular weight excluding hydrogens is 280 g/mol. The second-order valence-electron chi connectivity index (χ2n) is 4.54. The normalized spacial score (nSPS) is 19.1. The van der Waals surface area contributed by atoms with Gasteiger partial charge in [0.25, 0.3) is 10.7 Å². The molecule has 0 radical (unpaired) electrons. The minimum atomic E-state index is -0.163. The number of benzene rings is 1. The second-order valence-corrected chi connectivity index (χ2v) is 4.91. The number of fused-ring (bicyclic) bond motifs is 1. The minimum Gasteiger partial charge on any atom is -0.429 e. The van der Waals surface area contributed by atoms with Crippen LogP contribution in [0.5, 0.6) is 0 Å². The van der Waals surface area contributed by atoms with Gasteiger partial charge in [-0.2, -0.15) is 0 Å². The zero-order valence-corrected chi connectivity index (χ0v) is 11.5. The van der Waals surface area contributed by atoms with Gasteiger partial charge in [-0.25, -0.2) is 0 Å². The van der Waals surface area contributed by atoms with Crippen LogP contribution in [0, 0.1) is 4.84 Å². The molecule has 0 aliphatic carbocycles. The Morgan fingerprint density at radius 3 is 3.20 bits per heavy atom.